The summed E-state index contributed by atoms with van der Waals surface area (Å²) >= 11 is 0. The molecule has 0 spiro atoms. The number of ether oxygens (including phenoxy) is 2. The lowest BCUT2D eigenvalue weighted by molar-refractivity contribution is -0.384. The number of hydrogen-bond donors (Lipinski definition) is 0. The Labute approximate surface area is 211 Å². The zero-order valence-electron chi connectivity index (χ0n) is 20.0. The molecule has 186 valence electrons. The molecule has 0 bridgehead atoms. The van der Waals surface area contributed by atoms with Gasteiger partial charge in [-0.25, -0.2) is 9.78 Å². The van der Waals surface area contributed by atoms with E-state index in [0.29, 0.717) is 40.0 Å². The third kappa shape index (κ3) is 5.76. The van der Waals surface area contributed by atoms with Gasteiger partial charge in [0.05, 0.1) is 29.2 Å². The van der Waals surface area contributed by atoms with E-state index < -0.39 is 10.9 Å². The number of aromatic nitrogens is 2. The number of nitrogens with zero attached hydrogens (tertiary/aromatic N) is 4. The first-order chi connectivity index (χ1) is 17.9. The van der Waals surface area contributed by atoms with E-state index in [2.05, 4.69) is 10.1 Å². The van der Waals surface area contributed by atoms with Gasteiger partial charge in [0.15, 0.2) is 11.5 Å². The minimum Gasteiger partial charge on any atom is -0.493 e. The Morgan fingerprint density at radius 3 is 2.51 bits per heavy atom. The molecule has 37 heavy (non-hydrogen) atoms. The van der Waals surface area contributed by atoms with E-state index in [4.69, 9.17) is 9.47 Å². The van der Waals surface area contributed by atoms with Crippen LogP contribution in [0.5, 0.6) is 11.5 Å². The van der Waals surface area contributed by atoms with Crippen LogP contribution in [0.15, 0.2) is 82.7 Å². The molecule has 0 fully saturated rings. The summed E-state index contributed by atoms with van der Waals surface area (Å²) in [6.07, 6.45) is 4.71. The van der Waals surface area contributed by atoms with Crippen molar-refractivity contribution in [3.05, 3.63) is 110 Å². The number of nitro benzene ring substituents is 1. The molecule has 1 heterocycles. The van der Waals surface area contributed by atoms with Crippen molar-refractivity contribution in [2.45, 2.75) is 13.3 Å². The molecule has 1 aromatic heterocycles. The van der Waals surface area contributed by atoms with Crippen LogP contribution in [-0.2, 0) is 11.2 Å². The molecule has 10 nitrogen and oxygen atoms in total. The Hall–Kier alpha value is -5.12. The highest BCUT2D eigenvalue weighted by Gasteiger charge is 2.11. The normalized spacial score (nSPS) is 11.3. The molecule has 0 aliphatic carbocycles. The maximum Gasteiger partial charge on any atom is 0.336 e. The van der Waals surface area contributed by atoms with Crippen molar-refractivity contribution in [3.8, 4) is 11.5 Å². The zero-order chi connectivity index (χ0) is 26.4. The Morgan fingerprint density at radius 2 is 1.81 bits per heavy atom. The monoisotopic (exact) mass is 498 g/mol. The van der Waals surface area contributed by atoms with E-state index in [1.807, 2.05) is 13.0 Å². The molecule has 4 rings (SSSR count). The van der Waals surface area contributed by atoms with Gasteiger partial charge in [0, 0.05) is 24.6 Å². The number of non-ortho nitro benzene ring substituents is 1. The standard InChI is InChI=1S/C27H22N4O6/c1-3-25-29-22-7-5-4-6-21(22)27(33)30(25)28-17-19-10-14-23(24(16-19)36-2)37-26(32)15-11-18-8-12-20(13-9-18)31(34)35/h4-17H,3H2,1-2H3/b15-11+,28-17+. The first kappa shape index (κ1) is 25.0. The van der Waals surface area contributed by atoms with Gasteiger partial charge in [-0.3, -0.25) is 14.9 Å². The number of esters is 1. The predicted octanol–water partition coefficient (Wildman–Crippen LogP) is 4.38. The summed E-state index contributed by atoms with van der Waals surface area (Å²) in [6, 6.07) is 17.7. The Kier molecular flexibility index (Phi) is 7.48. The largest absolute Gasteiger partial charge is 0.493 e. The fraction of sp³-hybridized carbons (Fsp3) is 0.111. The van der Waals surface area contributed by atoms with Crippen LogP contribution in [0, 0.1) is 10.1 Å². The van der Waals surface area contributed by atoms with Gasteiger partial charge in [0.2, 0.25) is 0 Å². The summed E-state index contributed by atoms with van der Waals surface area (Å²) in [7, 11) is 1.44. The number of para-hydroxylation sites is 1. The van der Waals surface area contributed by atoms with Crippen LogP contribution >= 0.6 is 0 Å². The third-order valence-electron chi connectivity index (χ3n) is 5.37. The Bertz CT molecular complexity index is 1590. The average molecular weight is 498 g/mol. The molecular formula is C27H22N4O6. The summed E-state index contributed by atoms with van der Waals surface area (Å²) < 4.78 is 12.0. The highest BCUT2D eigenvalue weighted by atomic mass is 16.6. The zero-order valence-corrected chi connectivity index (χ0v) is 20.0. The van der Waals surface area contributed by atoms with Crippen molar-refractivity contribution < 1.29 is 19.2 Å². The van der Waals surface area contributed by atoms with Crippen LogP contribution in [0.3, 0.4) is 0 Å². The summed E-state index contributed by atoms with van der Waals surface area (Å²) in [5.74, 6) is 0.356. The lowest BCUT2D eigenvalue weighted by Crippen LogP contribution is -2.22. The molecule has 0 amide bonds. The van der Waals surface area contributed by atoms with Crippen molar-refractivity contribution in [1.29, 1.82) is 0 Å². The molecule has 0 N–H and O–H groups in total. The maximum absolute atomic E-state index is 12.9. The van der Waals surface area contributed by atoms with Crippen LogP contribution < -0.4 is 15.0 Å². The van der Waals surface area contributed by atoms with Crippen LogP contribution in [0.2, 0.25) is 0 Å². The Balaban J connectivity index is 1.52. The quantitative estimate of drug-likeness (QED) is 0.0881. The number of benzene rings is 3. The van der Waals surface area contributed by atoms with Crippen LogP contribution in [0.1, 0.15) is 23.9 Å². The van der Waals surface area contributed by atoms with Crippen LogP contribution in [0.25, 0.3) is 17.0 Å². The molecule has 3 aromatic carbocycles. The first-order valence-electron chi connectivity index (χ1n) is 11.3. The summed E-state index contributed by atoms with van der Waals surface area (Å²) in [5, 5.41) is 15.6. The molecule has 10 heteroatoms. The molecule has 0 unspecified atom stereocenters. The van der Waals surface area contributed by atoms with Crippen molar-refractivity contribution in [1.82, 2.24) is 9.66 Å². The van der Waals surface area contributed by atoms with E-state index in [-0.39, 0.29) is 17.0 Å². The number of aryl methyl sites for hydroxylation is 1. The Morgan fingerprint density at radius 1 is 1.08 bits per heavy atom. The lowest BCUT2D eigenvalue weighted by atomic mass is 10.2. The minimum absolute atomic E-state index is 0.0410. The molecule has 0 atom stereocenters. The molecule has 0 radical (unpaired) electrons. The van der Waals surface area contributed by atoms with E-state index in [1.165, 1.54) is 54.4 Å². The van der Waals surface area contributed by atoms with Crippen LogP contribution in [-0.4, -0.2) is 33.9 Å². The van der Waals surface area contributed by atoms with E-state index in [9.17, 15) is 19.7 Å². The van der Waals surface area contributed by atoms with E-state index in [0.717, 1.165) is 0 Å². The fourth-order valence-corrected chi connectivity index (χ4v) is 3.50. The second-order valence-electron chi connectivity index (χ2n) is 7.77. The number of hydrogen-bond acceptors (Lipinski definition) is 8. The van der Waals surface area contributed by atoms with Gasteiger partial charge in [-0.05, 0) is 59.7 Å². The SMILES string of the molecule is CCc1nc2ccccc2c(=O)n1/N=C/c1ccc(OC(=O)/C=C/c2ccc([N+](=O)[O-])cc2)c(OC)c1. The average Bonchev–Trinajstić information content (AvgIpc) is 2.92. The minimum atomic E-state index is -0.653. The van der Waals surface area contributed by atoms with Crippen molar-refractivity contribution in [2.24, 2.45) is 5.10 Å². The third-order valence-corrected chi connectivity index (χ3v) is 5.37. The van der Waals surface area contributed by atoms with E-state index in [1.54, 1.807) is 36.4 Å². The van der Waals surface area contributed by atoms with Gasteiger partial charge < -0.3 is 9.47 Å². The van der Waals surface area contributed by atoms with E-state index >= 15 is 0 Å². The van der Waals surface area contributed by atoms with Crippen molar-refractivity contribution in [3.63, 3.8) is 0 Å². The number of carbonyl (C=O) groups excluding carboxylic acids is 1. The molecular weight excluding hydrogens is 476 g/mol. The number of methoxy groups -OCH3 is 1. The fourth-order valence-electron chi connectivity index (χ4n) is 3.50. The summed E-state index contributed by atoms with van der Waals surface area (Å²) in [4.78, 5) is 40.0. The lowest BCUT2D eigenvalue weighted by Gasteiger charge is -2.09. The van der Waals surface area contributed by atoms with Crippen molar-refractivity contribution >= 4 is 34.9 Å². The molecule has 0 saturated heterocycles. The number of rotatable bonds is 8. The van der Waals surface area contributed by atoms with Gasteiger partial charge in [-0.15, -0.1) is 0 Å². The molecule has 4 aromatic rings. The van der Waals surface area contributed by atoms with Gasteiger partial charge in [-0.2, -0.15) is 9.78 Å². The smallest absolute Gasteiger partial charge is 0.336 e. The summed E-state index contributed by atoms with van der Waals surface area (Å²) in [5.41, 5.74) is 1.52. The molecule has 0 aliphatic heterocycles. The van der Waals surface area contributed by atoms with Crippen molar-refractivity contribution in [2.75, 3.05) is 7.11 Å². The summed E-state index contributed by atoms with van der Waals surface area (Å²) in [6.45, 7) is 1.89. The van der Waals surface area contributed by atoms with Gasteiger partial charge in [0.1, 0.15) is 5.82 Å². The number of carbonyl (C=O) groups is 1. The topological polar surface area (TPSA) is 126 Å². The highest BCUT2D eigenvalue weighted by Crippen LogP contribution is 2.28. The predicted molar refractivity (Wildman–Crippen MR) is 139 cm³/mol. The first-order valence-corrected chi connectivity index (χ1v) is 11.3. The van der Waals surface area contributed by atoms with Crippen LogP contribution in [0.4, 0.5) is 5.69 Å². The van der Waals surface area contributed by atoms with Gasteiger partial charge in [0.25, 0.3) is 11.2 Å². The second-order valence-corrected chi connectivity index (χ2v) is 7.77. The van der Waals surface area contributed by atoms with Gasteiger partial charge >= 0.3 is 5.97 Å². The maximum atomic E-state index is 12.9. The highest BCUT2D eigenvalue weighted by molar-refractivity contribution is 5.89. The second kappa shape index (κ2) is 11.1. The molecule has 0 saturated carbocycles. The number of nitro groups is 1. The molecule has 0 aliphatic rings. The number of fused-ring (bicyclic) bond motifs is 1. The van der Waals surface area contributed by atoms with Gasteiger partial charge in [-0.1, -0.05) is 19.1 Å².